The fraction of sp³-hybridized carbons (Fsp3) is 1.00. The lowest BCUT2D eigenvalue weighted by molar-refractivity contribution is -0.314. The zero-order chi connectivity index (χ0) is 23.7. The van der Waals surface area contributed by atoms with E-state index < -0.39 is 92.2 Å². The van der Waals surface area contributed by atoms with Gasteiger partial charge >= 0.3 is 0 Å². The third-order valence-corrected chi connectivity index (χ3v) is 6.41. The van der Waals surface area contributed by atoms with Crippen molar-refractivity contribution in [2.45, 2.75) is 98.4 Å². The van der Waals surface area contributed by atoms with Crippen LogP contribution < -0.4 is 28.7 Å². The molecule has 0 spiro atoms. The van der Waals surface area contributed by atoms with Crippen LogP contribution in [0.25, 0.3) is 0 Å². The fourth-order valence-corrected chi connectivity index (χ4v) is 4.43. The van der Waals surface area contributed by atoms with E-state index in [0.29, 0.717) is 0 Å². The average Bonchev–Trinajstić information content (AvgIpc) is 2.75. The lowest BCUT2D eigenvalue weighted by atomic mass is 9.84. The molecule has 14 atom stereocenters. The number of ether oxygens (including phenoxy) is 4. The first-order valence-electron chi connectivity index (χ1n) is 10.8. The predicted molar refractivity (Wildman–Crippen MR) is 108 cm³/mol. The molecule has 3 rings (SSSR count). The largest absolute Gasteiger partial charge is 0.394 e. The normalized spacial score (nSPS) is 52.7. The summed E-state index contributed by atoms with van der Waals surface area (Å²) in [6, 6.07) is -3.27. The maximum atomic E-state index is 11.0. The molecule has 0 amide bonds. The maximum Gasteiger partial charge on any atom is 0.186 e. The van der Waals surface area contributed by atoms with Crippen molar-refractivity contribution < 1.29 is 44.5 Å². The molecule has 0 aromatic carbocycles. The molecule has 0 aromatic rings. The van der Waals surface area contributed by atoms with E-state index in [2.05, 4.69) is 0 Å². The Labute approximate surface area is 185 Å². The maximum absolute atomic E-state index is 11.0. The molecule has 14 nitrogen and oxygen atoms in total. The Hall–Kier alpha value is -0.560. The minimum Gasteiger partial charge on any atom is -0.394 e. The number of nitrogens with two attached hydrogens (primary N) is 5. The summed E-state index contributed by atoms with van der Waals surface area (Å²) in [5, 5.41) is 50.7. The highest BCUT2D eigenvalue weighted by Gasteiger charge is 2.50. The van der Waals surface area contributed by atoms with Gasteiger partial charge in [-0.15, -0.1) is 0 Å². The van der Waals surface area contributed by atoms with Gasteiger partial charge in [0, 0.05) is 18.6 Å². The Morgan fingerprint density at radius 1 is 0.719 bits per heavy atom. The smallest absolute Gasteiger partial charge is 0.186 e. The topological polar surface area (TPSA) is 268 Å². The summed E-state index contributed by atoms with van der Waals surface area (Å²) < 4.78 is 22.7. The van der Waals surface area contributed by atoms with Crippen molar-refractivity contribution in [3.8, 4) is 0 Å². The molecule has 14 heteroatoms. The SMILES string of the molecule is NC[C@@H]1O[C@H](O[C@@H]2[C@H](O)[C@H](O[C@H]3O[C@@H](CO)[C@@H](O)[C@@H](N)[C@H]3O)[C@H](N)C[C@H]2N)[C@H](N)C[C@@H]1O. The minimum absolute atomic E-state index is 0.0542. The van der Waals surface area contributed by atoms with Crippen molar-refractivity contribution >= 4 is 0 Å². The lowest BCUT2D eigenvalue weighted by Gasteiger charge is -2.47. The van der Waals surface area contributed by atoms with Crippen molar-refractivity contribution in [1.82, 2.24) is 0 Å². The Kier molecular flexibility index (Phi) is 8.79. The summed E-state index contributed by atoms with van der Waals surface area (Å²) >= 11 is 0. The molecule has 3 aliphatic rings. The molecule has 0 unspecified atom stereocenters. The second-order valence-corrected chi connectivity index (χ2v) is 8.78. The van der Waals surface area contributed by atoms with Crippen molar-refractivity contribution in [2.24, 2.45) is 28.7 Å². The average molecular weight is 468 g/mol. The van der Waals surface area contributed by atoms with Crippen molar-refractivity contribution in [2.75, 3.05) is 13.2 Å². The number of aliphatic hydroxyl groups is 5. The van der Waals surface area contributed by atoms with E-state index >= 15 is 0 Å². The summed E-state index contributed by atoms with van der Waals surface area (Å²) in [6.45, 7) is -0.499. The molecule has 1 aliphatic carbocycles. The van der Waals surface area contributed by atoms with Gasteiger partial charge < -0.3 is 73.1 Å². The second kappa shape index (κ2) is 10.8. The van der Waals surface area contributed by atoms with Crippen LogP contribution in [0.4, 0.5) is 0 Å². The number of hydrogen-bond acceptors (Lipinski definition) is 14. The van der Waals surface area contributed by atoms with Gasteiger partial charge in [-0.25, -0.2) is 0 Å². The lowest BCUT2D eigenvalue weighted by Crippen LogP contribution is -2.68. The number of rotatable bonds is 6. The van der Waals surface area contributed by atoms with E-state index in [-0.39, 0.29) is 19.4 Å². The second-order valence-electron chi connectivity index (χ2n) is 8.78. The fourth-order valence-electron chi connectivity index (χ4n) is 4.43. The Balaban J connectivity index is 1.70. The molecule has 32 heavy (non-hydrogen) atoms. The Morgan fingerprint density at radius 2 is 1.28 bits per heavy atom. The van der Waals surface area contributed by atoms with Crippen LogP contribution in [0.3, 0.4) is 0 Å². The highest BCUT2D eigenvalue weighted by molar-refractivity contribution is 5.01. The molecule has 15 N–H and O–H groups in total. The molecular formula is C18H37N5O9. The van der Waals surface area contributed by atoms with Crippen molar-refractivity contribution in [1.29, 1.82) is 0 Å². The van der Waals surface area contributed by atoms with Crippen LogP contribution in [0.1, 0.15) is 12.8 Å². The van der Waals surface area contributed by atoms with Gasteiger partial charge in [-0.05, 0) is 12.8 Å². The van der Waals surface area contributed by atoms with Gasteiger partial charge in [-0.2, -0.15) is 0 Å². The molecule has 0 radical (unpaired) electrons. The summed E-state index contributed by atoms with van der Waals surface area (Å²) in [6.07, 6.45) is -10.8. The third kappa shape index (κ3) is 5.24. The first-order valence-corrected chi connectivity index (χ1v) is 10.8. The van der Waals surface area contributed by atoms with Crippen molar-refractivity contribution in [3.05, 3.63) is 0 Å². The zero-order valence-electron chi connectivity index (χ0n) is 17.7. The van der Waals surface area contributed by atoms with Crippen LogP contribution in [-0.4, -0.2) is 124 Å². The van der Waals surface area contributed by atoms with E-state index in [1.807, 2.05) is 0 Å². The van der Waals surface area contributed by atoms with Gasteiger partial charge in [0.15, 0.2) is 12.6 Å². The first kappa shape index (κ1) is 26.1. The summed E-state index contributed by atoms with van der Waals surface area (Å²) in [4.78, 5) is 0. The van der Waals surface area contributed by atoms with E-state index in [1.54, 1.807) is 0 Å². The Morgan fingerprint density at radius 3 is 1.84 bits per heavy atom. The van der Waals surface area contributed by atoms with Crippen LogP contribution in [0.2, 0.25) is 0 Å². The van der Waals surface area contributed by atoms with Crippen LogP contribution >= 0.6 is 0 Å². The van der Waals surface area contributed by atoms with Crippen LogP contribution in [0.5, 0.6) is 0 Å². The van der Waals surface area contributed by atoms with E-state index in [1.165, 1.54) is 0 Å². The number of hydrogen-bond donors (Lipinski definition) is 10. The molecule has 2 aliphatic heterocycles. The van der Waals surface area contributed by atoms with Gasteiger partial charge in [0.2, 0.25) is 0 Å². The Bertz CT molecular complexity index is 607. The molecule has 0 aromatic heterocycles. The van der Waals surface area contributed by atoms with Crippen LogP contribution in [0, 0.1) is 0 Å². The highest BCUT2D eigenvalue weighted by Crippen LogP contribution is 2.30. The van der Waals surface area contributed by atoms with Gasteiger partial charge in [0.05, 0.1) is 30.9 Å². The summed E-state index contributed by atoms with van der Waals surface area (Å²) in [5.74, 6) is 0. The molecular weight excluding hydrogens is 430 g/mol. The van der Waals surface area contributed by atoms with Gasteiger partial charge in [-0.3, -0.25) is 0 Å². The van der Waals surface area contributed by atoms with Gasteiger partial charge in [0.1, 0.15) is 36.6 Å². The third-order valence-electron chi connectivity index (χ3n) is 6.41. The minimum atomic E-state index is -1.44. The monoisotopic (exact) mass is 467 g/mol. The zero-order valence-corrected chi connectivity index (χ0v) is 17.7. The first-order chi connectivity index (χ1) is 15.1. The quantitative estimate of drug-likeness (QED) is 0.174. The van der Waals surface area contributed by atoms with E-state index in [4.69, 9.17) is 47.6 Å². The van der Waals surface area contributed by atoms with E-state index in [9.17, 15) is 25.5 Å². The van der Waals surface area contributed by atoms with Gasteiger partial charge in [0.25, 0.3) is 0 Å². The van der Waals surface area contributed by atoms with Crippen LogP contribution in [0.15, 0.2) is 0 Å². The predicted octanol–water partition coefficient (Wildman–Crippen LogP) is -6.30. The molecule has 0 bridgehead atoms. The molecule has 2 heterocycles. The molecule has 1 saturated carbocycles. The molecule has 2 saturated heterocycles. The number of aliphatic hydroxyl groups excluding tert-OH is 5. The summed E-state index contributed by atoms with van der Waals surface area (Å²) in [5.41, 5.74) is 29.8. The molecule has 3 fully saturated rings. The van der Waals surface area contributed by atoms with Gasteiger partial charge in [-0.1, -0.05) is 0 Å². The van der Waals surface area contributed by atoms with Crippen LogP contribution in [-0.2, 0) is 18.9 Å². The molecule has 188 valence electrons. The standard InChI is InChI=1S/C18H37N5O9/c19-3-9-8(25)2-7(22)17(29-9)31-15-5(20)1-6(21)16(14(15)28)32-18-13(27)11(23)12(26)10(4-24)30-18/h5-18,24-28H,1-4,19-23H2/t5-,6-,7-,8+,9+,10+,11-,12-,13-,14+,15+,16-,17-,18-/m1/s1. The highest BCUT2D eigenvalue weighted by atomic mass is 16.7. The summed E-state index contributed by atoms with van der Waals surface area (Å²) in [7, 11) is 0. The van der Waals surface area contributed by atoms with Crippen molar-refractivity contribution in [3.63, 3.8) is 0 Å². The van der Waals surface area contributed by atoms with E-state index in [0.717, 1.165) is 0 Å².